The van der Waals surface area contributed by atoms with E-state index in [1.807, 2.05) is 0 Å². The Hall–Kier alpha value is -0.700. The van der Waals surface area contributed by atoms with Crippen LogP contribution in [0.1, 0.15) is 12.0 Å². The zero-order valence-electron chi connectivity index (χ0n) is 6.17. The van der Waals surface area contributed by atoms with Gasteiger partial charge in [0, 0.05) is 17.6 Å². The number of hydrogen-bond acceptors (Lipinski definition) is 3. The lowest BCUT2D eigenvalue weighted by Crippen LogP contribution is -2.12. The van der Waals surface area contributed by atoms with Crippen molar-refractivity contribution in [2.24, 2.45) is 0 Å². The van der Waals surface area contributed by atoms with E-state index in [1.54, 1.807) is 6.20 Å². The molecule has 1 N–H and O–H groups in total. The molecule has 0 atom stereocenters. The van der Waals surface area contributed by atoms with Crippen LogP contribution in [0.4, 0.5) is 5.82 Å². The molecule has 1 aliphatic rings. The van der Waals surface area contributed by atoms with Crippen LogP contribution in [0.5, 0.6) is 0 Å². The third kappa shape index (κ3) is 1.33. The first-order chi connectivity index (χ1) is 5.36. The Morgan fingerprint density at radius 1 is 1.55 bits per heavy atom. The number of pyridine rings is 1. The van der Waals surface area contributed by atoms with E-state index in [0.29, 0.717) is 0 Å². The largest absolute Gasteiger partial charge is 0.370 e. The highest BCUT2D eigenvalue weighted by Gasteiger charge is 2.08. The van der Waals surface area contributed by atoms with Gasteiger partial charge in [-0.1, -0.05) is 0 Å². The van der Waals surface area contributed by atoms with Crippen LogP contribution in [0.15, 0.2) is 17.2 Å². The summed E-state index contributed by atoms with van der Waals surface area (Å²) < 4.78 is 0. The van der Waals surface area contributed by atoms with Crippen LogP contribution >= 0.6 is 12.6 Å². The summed E-state index contributed by atoms with van der Waals surface area (Å²) in [5.41, 5.74) is 1.30. The van der Waals surface area contributed by atoms with Crippen molar-refractivity contribution < 1.29 is 0 Å². The van der Waals surface area contributed by atoms with Gasteiger partial charge in [-0.3, -0.25) is 0 Å². The summed E-state index contributed by atoms with van der Waals surface area (Å²) in [6.07, 6.45) is 4.11. The number of aryl methyl sites for hydroxylation is 1. The van der Waals surface area contributed by atoms with Gasteiger partial charge in [-0.15, -0.1) is 12.6 Å². The van der Waals surface area contributed by atoms with Crippen LogP contribution in [0.2, 0.25) is 0 Å². The van der Waals surface area contributed by atoms with Gasteiger partial charge in [0.2, 0.25) is 0 Å². The van der Waals surface area contributed by atoms with E-state index in [-0.39, 0.29) is 0 Å². The fourth-order valence-corrected chi connectivity index (χ4v) is 1.55. The summed E-state index contributed by atoms with van der Waals surface area (Å²) in [7, 11) is 0. The summed E-state index contributed by atoms with van der Waals surface area (Å²) in [5.74, 6) is 1.04. The molecule has 11 heavy (non-hydrogen) atoms. The number of thiol groups is 1. The van der Waals surface area contributed by atoms with Gasteiger partial charge in [-0.05, 0) is 24.5 Å². The molecule has 0 saturated carbocycles. The van der Waals surface area contributed by atoms with Crippen molar-refractivity contribution in [1.82, 2.24) is 4.98 Å². The molecule has 2 heterocycles. The highest BCUT2D eigenvalue weighted by Crippen LogP contribution is 2.20. The first-order valence-corrected chi connectivity index (χ1v) is 4.23. The van der Waals surface area contributed by atoms with Crippen LogP contribution in [0.25, 0.3) is 0 Å². The fourth-order valence-electron chi connectivity index (χ4n) is 1.33. The van der Waals surface area contributed by atoms with Crippen molar-refractivity contribution in [2.45, 2.75) is 17.7 Å². The number of rotatable bonds is 0. The van der Waals surface area contributed by atoms with E-state index < -0.39 is 0 Å². The van der Waals surface area contributed by atoms with Crippen LogP contribution < -0.4 is 5.32 Å². The SMILES string of the molecule is Sc1cnc2c(c1)CCCN2. The van der Waals surface area contributed by atoms with Crippen molar-refractivity contribution >= 4 is 18.4 Å². The lowest BCUT2D eigenvalue weighted by atomic mass is 10.1. The second kappa shape index (κ2) is 2.74. The maximum absolute atomic E-state index is 4.23. The Bertz CT molecular complexity index is 273. The van der Waals surface area contributed by atoms with Gasteiger partial charge in [0.25, 0.3) is 0 Å². The summed E-state index contributed by atoms with van der Waals surface area (Å²) in [4.78, 5) is 5.18. The average molecular weight is 166 g/mol. The highest BCUT2D eigenvalue weighted by molar-refractivity contribution is 7.80. The first-order valence-electron chi connectivity index (χ1n) is 3.78. The smallest absolute Gasteiger partial charge is 0.129 e. The van der Waals surface area contributed by atoms with Crippen LogP contribution in [0, 0.1) is 0 Å². The second-order valence-corrected chi connectivity index (χ2v) is 3.25. The Labute approximate surface area is 71.4 Å². The van der Waals surface area contributed by atoms with Gasteiger partial charge < -0.3 is 5.32 Å². The van der Waals surface area contributed by atoms with Crippen molar-refractivity contribution in [1.29, 1.82) is 0 Å². The third-order valence-electron chi connectivity index (χ3n) is 1.87. The van der Waals surface area contributed by atoms with Crippen LogP contribution in [-0.4, -0.2) is 11.5 Å². The van der Waals surface area contributed by atoms with Gasteiger partial charge in [0.1, 0.15) is 5.82 Å². The summed E-state index contributed by atoms with van der Waals surface area (Å²) in [6.45, 7) is 1.05. The standard InChI is InChI=1S/C8H10N2S/c11-7-4-6-2-1-3-9-8(6)10-5-7/h4-5,11H,1-3H2,(H,9,10). The molecule has 0 fully saturated rings. The van der Waals surface area contributed by atoms with Crippen LogP contribution in [-0.2, 0) is 6.42 Å². The molecule has 1 aliphatic heterocycles. The Morgan fingerprint density at radius 3 is 3.36 bits per heavy atom. The van der Waals surface area contributed by atoms with Gasteiger partial charge in [-0.2, -0.15) is 0 Å². The Morgan fingerprint density at radius 2 is 2.45 bits per heavy atom. The van der Waals surface area contributed by atoms with E-state index in [1.165, 1.54) is 12.0 Å². The molecule has 2 nitrogen and oxygen atoms in total. The lowest BCUT2D eigenvalue weighted by Gasteiger charge is -2.16. The predicted octanol–water partition coefficient (Wildman–Crippen LogP) is 1.73. The van der Waals surface area contributed by atoms with Gasteiger partial charge in [0.05, 0.1) is 0 Å². The number of hydrogen-bond donors (Lipinski definition) is 2. The normalized spacial score (nSPS) is 15.4. The molecule has 3 heteroatoms. The molecule has 1 aromatic heterocycles. The molecule has 0 bridgehead atoms. The highest BCUT2D eigenvalue weighted by atomic mass is 32.1. The van der Waals surface area contributed by atoms with E-state index in [0.717, 1.165) is 23.7 Å². The summed E-state index contributed by atoms with van der Waals surface area (Å²) >= 11 is 4.23. The topological polar surface area (TPSA) is 24.9 Å². The van der Waals surface area contributed by atoms with Crippen LogP contribution in [0.3, 0.4) is 0 Å². The third-order valence-corrected chi connectivity index (χ3v) is 2.11. The predicted molar refractivity (Wildman–Crippen MR) is 48.3 cm³/mol. The Kier molecular flexibility index (Phi) is 1.74. The minimum atomic E-state index is 0.951. The number of aromatic nitrogens is 1. The Balaban J connectivity index is 2.43. The maximum atomic E-state index is 4.23. The molecule has 0 unspecified atom stereocenters. The zero-order chi connectivity index (χ0) is 7.68. The zero-order valence-corrected chi connectivity index (χ0v) is 7.06. The van der Waals surface area contributed by atoms with Crippen molar-refractivity contribution in [3.63, 3.8) is 0 Å². The van der Waals surface area contributed by atoms with Crippen molar-refractivity contribution in [3.8, 4) is 0 Å². The van der Waals surface area contributed by atoms with Crippen molar-refractivity contribution in [3.05, 3.63) is 17.8 Å². The van der Waals surface area contributed by atoms with E-state index in [9.17, 15) is 0 Å². The number of nitrogens with one attached hydrogen (secondary N) is 1. The second-order valence-electron chi connectivity index (χ2n) is 2.73. The molecular formula is C8H10N2S. The quantitative estimate of drug-likeness (QED) is 0.574. The van der Waals surface area contributed by atoms with E-state index in [4.69, 9.17) is 0 Å². The van der Waals surface area contributed by atoms with Crippen molar-refractivity contribution in [2.75, 3.05) is 11.9 Å². The molecule has 0 saturated heterocycles. The minimum Gasteiger partial charge on any atom is -0.370 e. The first kappa shape index (κ1) is 6.98. The molecule has 0 spiro atoms. The molecule has 0 amide bonds. The minimum absolute atomic E-state index is 0.951. The van der Waals surface area contributed by atoms with Gasteiger partial charge >= 0.3 is 0 Å². The lowest BCUT2D eigenvalue weighted by molar-refractivity contribution is 0.813. The molecule has 0 aliphatic carbocycles. The summed E-state index contributed by atoms with van der Waals surface area (Å²) in [6, 6.07) is 2.08. The maximum Gasteiger partial charge on any atom is 0.129 e. The summed E-state index contributed by atoms with van der Waals surface area (Å²) in [5, 5.41) is 3.24. The molecule has 1 aromatic rings. The molecule has 0 radical (unpaired) electrons. The molecular weight excluding hydrogens is 156 g/mol. The number of nitrogens with zero attached hydrogens (tertiary/aromatic N) is 1. The van der Waals surface area contributed by atoms with Gasteiger partial charge in [-0.25, -0.2) is 4.98 Å². The number of anilines is 1. The van der Waals surface area contributed by atoms with E-state index >= 15 is 0 Å². The van der Waals surface area contributed by atoms with E-state index in [2.05, 4.69) is 29.0 Å². The molecule has 0 aromatic carbocycles. The molecule has 58 valence electrons. The average Bonchev–Trinajstić information content (AvgIpc) is 2.04. The monoisotopic (exact) mass is 166 g/mol. The van der Waals surface area contributed by atoms with Gasteiger partial charge in [0.15, 0.2) is 0 Å². The molecule has 2 rings (SSSR count). The fraction of sp³-hybridized carbons (Fsp3) is 0.375. The number of fused-ring (bicyclic) bond motifs is 1.